The Bertz CT molecular complexity index is 419. The second-order valence-corrected chi connectivity index (χ2v) is 5.24. The highest BCUT2D eigenvalue weighted by Gasteiger charge is 2.32. The van der Waals surface area contributed by atoms with E-state index in [1.54, 1.807) is 23.8 Å². The van der Waals surface area contributed by atoms with Crippen LogP contribution in [0.15, 0.2) is 11.4 Å². The Morgan fingerprint density at radius 2 is 2.15 bits per heavy atom. The third-order valence-electron chi connectivity index (χ3n) is 3.80. The van der Waals surface area contributed by atoms with Gasteiger partial charge in [0.05, 0.1) is 0 Å². The summed E-state index contributed by atoms with van der Waals surface area (Å²) in [4.78, 5) is 15.6. The fourth-order valence-corrected chi connectivity index (χ4v) is 2.15. The lowest BCUT2D eigenvalue weighted by Crippen LogP contribution is -2.54. The number of rotatable bonds is 5. The predicted molar refractivity (Wildman–Crippen MR) is 78.8 cm³/mol. The minimum Gasteiger partial charge on any atom is -0.356 e. The van der Waals surface area contributed by atoms with Gasteiger partial charge in [0, 0.05) is 25.2 Å². The number of hydrogen-bond donors (Lipinski definition) is 3. The Labute approximate surface area is 120 Å². The summed E-state index contributed by atoms with van der Waals surface area (Å²) in [6.45, 7) is 8.45. The van der Waals surface area contributed by atoms with Gasteiger partial charge in [-0.25, -0.2) is 0 Å². The van der Waals surface area contributed by atoms with E-state index in [2.05, 4.69) is 5.32 Å². The molecule has 1 amide bonds. The van der Waals surface area contributed by atoms with Crippen LogP contribution in [0, 0.1) is 11.3 Å². The summed E-state index contributed by atoms with van der Waals surface area (Å²) < 4.78 is 0. The lowest BCUT2D eigenvalue weighted by atomic mass is 10.1. The van der Waals surface area contributed by atoms with Crippen LogP contribution in [0.3, 0.4) is 0 Å². The molecule has 0 spiro atoms. The molecule has 0 radical (unpaired) electrons. The molecular weight excluding hydrogens is 256 g/mol. The van der Waals surface area contributed by atoms with Crippen LogP contribution in [-0.4, -0.2) is 46.6 Å². The summed E-state index contributed by atoms with van der Waals surface area (Å²) in [5, 5.41) is 20.6. The quantitative estimate of drug-likeness (QED) is 0.524. The van der Waals surface area contributed by atoms with Crippen molar-refractivity contribution >= 4 is 11.7 Å². The number of carbonyl (C=O) groups excluding carboxylic acids is 1. The molecule has 0 saturated carbocycles. The zero-order valence-electron chi connectivity index (χ0n) is 13.0. The van der Waals surface area contributed by atoms with E-state index in [9.17, 15) is 9.90 Å². The highest BCUT2D eigenvalue weighted by molar-refractivity contribution is 5.99. The van der Waals surface area contributed by atoms with E-state index in [0.717, 1.165) is 12.8 Å². The number of hydrogen-bond acceptors (Lipinski definition) is 4. The molecular formula is C14H26N4O2. The zero-order chi connectivity index (χ0) is 15.4. The van der Waals surface area contributed by atoms with Gasteiger partial charge in [-0.2, -0.15) is 0 Å². The molecule has 0 fully saturated rings. The fourth-order valence-electron chi connectivity index (χ4n) is 2.15. The van der Waals surface area contributed by atoms with Crippen molar-refractivity contribution < 1.29 is 9.90 Å². The fraction of sp³-hybridized carbons (Fsp3) is 0.714. The molecule has 2 atom stereocenters. The van der Waals surface area contributed by atoms with Crippen LogP contribution in [0.25, 0.3) is 0 Å². The van der Waals surface area contributed by atoms with Crippen LogP contribution in [0.5, 0.6) is 0 Å². The number of nitrogens with zero attached hydrogens (tertiary/aromatic N) is 2. The molecule has 1 aliphatic heterocycles. The first kappa shape index (κ1) is 16.5. The number of amidine groups is 1. The van der Waals surface area contributed by atoms with Crippen molar-refractivity contribution in [3.05, 3.63) is 11.4 Å². The van der Waals surface area contributed by atoms with E-state index in [0.29, 0.717) is 23.8 Å². The van der Waals surface area contributed by atoms with Crippen LogP contribution in [-0.2, 0) is 4.79 Å². The predicted octanol–water partition coefficient (Wildman–Crippen LogP) is 1.29. The molecule has 0 bridgehead atoms. The van der Waals surface area contributed by atoms with E-state index >= 15 is 0 Å². The van der Waals surface area contributed by atoms with E-state index in [4.69, 9.17) is 5.41 Å². The second-order valence-electron chi connectivity index (χ2n) is 5.24. The topological polar surface area (TPSA) is 79.7 Å². The molecule has 6 heteroatoms. The maximum absolute atomic E-state index is 12.2. The summed E-state index contributed by atoms with van der Waals surface area (Å²) in [6, 6.07) is 0. The van der Waals surface area contributed by atoms with Crippen LogP contribution in [0.1, 0.15) is 40.5 Å². The Morgan fingerprint density at radius 3 is 2.65 bits per heavy atom. The molecule has 1 aliphatic rings. The lowest BCUT2D eigenvalue weighted by Gasteiger charge is -2.38. The molecule has 20 heavy (non-hydrogen) atoms. The first-order chi connectivity index (χ1) is 9.34. The SMILES string of the molecule is CCCN(C(=N)C(C)CC)C1=C(C)N(C)C(O)NC1=O. The highest BCUT2D eigenvalue weighted by Crippen LogP contribution is 2.22. The van der Waals surface area contributed by atoms with Crippen molar-refractivity contribution in [1.82, 2.24) is 15.1 Å². The summed E-state index contributed by atoms with van der Waals surface area (Å²) in [6.07, 6.45) is 0.688. The van der Waals surface area contributed by atoms with Gasteiger partial charge in [0.25, 0.3) is 5.91 Å². The van der Waals surface area contributed by atoms with Gasteiger partial charge in [0.15, 0.2) is 0 Å². The van der Waals surface area contributed by atoms with Gasteiger partial charge in [-0.3, -0.25) is 10.2 Å². The molecule has 1 heterocycles. The smallest absolute Gasteiger partial charge is 0.273 e. The van der Waals surface area contributed by atoms with Gasteiger partial charge >= 0.3 is 0 Å². The molecule has 0 aromatic heterocycles. The molecule has 114 valence electrons. The van der Waals surface area contributed by atoms with Crippen LogP contribution in [0.2, 0.25) is 0 Å². The molecule has 6 nitrogen and oxygen atoms in total. The number of aliphatic hydroxyl groups is 1. The van der Waals surface area contributed by atoms with Gasteiger partial charge in [0.1, 0.15) is 11.5 Å². The first-order valence-electron chi connectivity index (χ1n) is 7.13. The molecule has 0 aliphatic carbocycles. The molecule has 0 aromatic rings. The van der Waals surface area contributed by atoms with Crippen molar-refractivity contribution in [3.63, 3.8) is 0 Å². The third-order valence-corrected chi connectivity index (χ3v) is 3.80. The Kier molecular flexibility index (Phi) is 5.56. The Morgan fingerprint density at radius 1 is 1.55 bits per heavy atom. The normalized spacial score (nSPS) is 20.8. The summed E-state index contributed by atoms with van der Waals surface area (Å²) in [5.74, 6) is 0.213. The number of nitrogens with one attached hydrogen (secondary N) is 2. The Hall–Kier alpha value is -1.56. The van der Waals surface area contributed by atoms with E-state index in [1.165, 1.54) is 0 Å². The summed E-state index contributed by atoms with van der Waals surface area (Å²) in [5.41, 5.74) is 1.15. The average Bonchev–Trinajstić information content (AvgIpc) is 2.42. The van der Waals surface area contributed by atoms with Crippen molar-refractivity contribution in [2.45, 2.75) is 46.9 Å². The van der Waals surface area contributed by atoms with Gasteiger partial charge < -0.3 is 20.2 Å². The maximum atomic E-state index is 12.2. The van der Waals surface area contributed by atoms with Crippen molar-refractivity contribution in [1.29, 1.82) is 5.41 Å². The number of allylic oxidation sites excluding steroid dienone is 1. The Balaban J connectivity index is 3.19. The van der Waals surface area contributed by atoms with Crippen molar-refractivity contribution in [2.24, 2.45) is 5.92 Å². The molecule has 2 unspecified atom stereocenters. The number of amides is 1. The summed E-state index contributed by atoms with van der Waals surface area (Å²) >= 11 is 0. The standard InChI is InChI=1S/C14H26N4O2/c1-6-8-18(12(15)9(3)7-2)11-10(4)17(5)14(20)16-13(11)19/h9,14-15,20H,6-8H2,1-5H3,(H,16,19). The lowest BCUT2D eigenvalue weighted by molar-refractivity contribution is -0.127. The van der Waals surface area contributed by atoms with E-state index < -0.39 is 6.35 Å². The average molecular weight is 282 g/mol. The minimum absolute atomic E-state index is 0.0896. The largest absolute Gasteiger partial charge is 0.356 e. The van der Waals surface area contributed by atoms with Gasteiger partial charge in [-0.15, -0.1) is 0 Å². The van der Waals surface area contributed by atoms with Crippen LogP contribution >= 0.6 is 0 Å². The van der Waals surface area contributed by atoms with E-state index in [-0.39, 0.29) is 11.8 Å². The molecule has 0 aromatic carbocycles. The monoisotopic (exact) mass is 282 g/mol. The van der Waals surface area contributed by atoms with Crippen LogP contribution < -0.4 is 5.32 Å². The van der Waals surface area contributed by atoms with E-state index in [1.807, 2.05) is 20.8 Å². The molecule has 3 N–H and O–H groups in total. The van der Waals surface area contributed by atoms with Crippen molar-refractivity contribution in [2.75, 3.05) is 13.6 Å². The summed E-state index contributed by atoms with van der Waals surface area (Å²) in [7, 11) is 1.72. The number of aliphatic hydroxyl groups excluding tert-OH is 1. The minimum atomic E-state index is -1.01. The molecule has 1 rings (SSSR count). The number of carbonyl (C=O) groups is 1. The third kappa shape index (κ3) is 3.12. The first-order valence-corrected chi connectivity index (χ1v) is 7.13. The van der Waals surface area contributed by atoms with Gasteiger partial charge in [0.2, 0.25) is 6.35 Å². The van der Waals surface area contributed by atoms with Gasteiger partial charge in [-0.1, -0.05) is 20.8 Å². The second kappa shape index (κ2) is 6.74. The molecule has 0 saturated heterocycles. The van der Waals surface area contributed by atoms with Crippen LogP contribution in [0.4, 0.5) is 0 Å². The maximum Gasteiger partial charge on any atom is 0.273 e. The highest BCUT2D eigenvalue weighted by atomic mass is 16.3. The zero-order valence-corrected chi connectivity index (χ0v) is 13.0. The van der Waals surface area contributed by atoms with Gasteiger partial charge in [-0.05, 0) is 19.8 Å². The van der Waals surface area contributed by atoms with Crippen molar-refractivity contribution in [3.8, 4) is 0 Å².